The molecule has 1 aliphatic heterocycles. The first-order valence-electron chi connectivity index (χ1n) is 12.3. The van der Waals surface area contributed by atoms with Crippen LogP contribution in [0, 0.1) is 11.6 Å². The fourth-order valence-corrected chi connectivity index (χ4v) is 6.95. The molecule has 1 N–H and O–H groups in total. The van der Waals surface area contributed by atoms with E-state index in [2.05, 4.69) is 10.2 Å². The number of carbonyl (C=O) groups is 1. The normalized spacial score (nSPS) is 20.1. The molecule has 34 heavy (non-hydrogen) atoms. The quantitative estimate of drug-likeness (QED) is 0.294. The number of unbranched alkanes of at least 4 members (excludes halogenated alkanes) is 2. The van der Waals surface area contributed by atoms with Crippen LogP contribution in [0.3, 0.4) is 0 Å². The number of piperazine rings is 1. The van der Waals surface area contributed by atoms with E-state index < -0.39 is 38.2 Å². The first kappa shape index (κ1) is 27.3. The van der Waals surface area contributed by atoms with Crippen LogP contribution in [0.2, 0.25) is 5.02 Å². The third-order valence-corrected chi connectivity index (χ3v) is 9.52. The van der Waals surface area contributed by atoms with E-state index in [1.54, 1.807) is 4.31 Å². The standard InChI is InChI=1S/C24H36ClF2N3O3S/c1-2-3-8-17-34(32,33)30-15-13-29(14-16-30)24(11-6-4-5-7-12-24)18-28-23(31)21-19(26)9-10-20(27)22(21)25/h9-10H,2-8,11-18H2,1H3,(H,28,31). The number of benzene rings is 1. The Morgan fingerprint density at radius 3 is 2.26 bits per heavy atom. The van der Waals surface area contributed by atoms with Crippen LogP contribution in [0.4, 0.5) is 8.78 Å². The predicted octanol–water partition coefficient (Wildman–Crippen LogP) is 4.58. The summed E-state index contributed by atoms with van der Waals surface area (Å²) in [7, 11) is -3.27. The Morgan fingerprint density at radius 2 is 1.65 bits per heavy atom. The molecule has 2 fully saturated rings. The number of amides is 1. The molecule has 1 aromatic rings. The number of hydrogen-bond donors (Lipinski definition) is 1. The molecule has 3 rings (SSSR count). The van der Waals surface area contributed by atoms with E-state index >= 15 is 0 Å². The molecule has 1 aliphatic carbocycles. The van der Waals surface area contributed by atoms with E-state index in [9.17, 15) is 22.0 Å². The highest BCUT2D eigenvalue weighted by atomic mass is 35.5. The van der Waals surface area contributed by atoms with E-state index in [0.717, 1.165) is 63.5 Å². The van der Waals surface area contributed by atoms with Crippen molar-refractivity contribution in [3.8, 4) is 0 Å². The van der Waals surface area contributed by atoms with E-state index in [-0.39, 0.29) is 17.8 Å². The topological polar surface area (TPSA) is 69.7 Å². The van der Waals surface area contributed by atoms with Gasteiger partial charge in [-0.05, 0) is 31.4 Å². The zero-order valence-electron chi connectivity index (χ0n) is 19.9. The lowest BCUT2D eigenvalue weighted by Gasteiger charge is -2.47. The number of nitrogens with zero attached hydrogens (tertiary/aromatic N) is 2. The van der Waals surface area contributed by atoms with Gasteiger partial charge in [0, 0.05) is 38.3 Å². The summed E-state index contributed by atoms with van der Waals surface area (Å²) in [5.74, 6) is -2.25. The minimum atomic E-state index is -3.27. The van der Waals surface area contributed by atoms with E-state index in [0.29, 0.717) is 32.6 Å². The van der Waals surface area contributed by atoms with Crippen molar-refractivity contribution in [2.75, 3.05) is 38.5 Å². The van der Waals surface area contributed by atoms with Crippen LogP contribution in [-0.2, 0) is 10.0 Å². The lowest BCUT2D eigenvalue weighted by molar-refractivity contribution is 0.0391. The maximum absolute atomic E-state index is 14.2. The van der Waals surface area contributed by atoms with Gasteiger partial charge < -0.3 is 5.32 Å². The third kappa shape index (κ3) is 6.47. The van der Waals surface area contributed by atoms with Crippen LogP contribution in [0.5, 0.6) is 0 Å². The van der Waals surface area contributed by atoms with Crippen LogP contribution in [-0.4, -0.2) is 67.5 Å². The molecule has 10 heteroatoms. The summed E-state index contributed by atoms with van der Waals surface area (Å²) in [6, 6.07) is 1.80. The zero-order chi connectivity index (χ0) is 24.8. The van der Waals surface area contributed by atoms with Gasteiger partial charge in [0.15, 0.2) is 0 Å². The summed E-state index contributed by atoms with van der Waals surface area (Å²) in [6.45, 7) is 4.34. The van der Waals surface area contributed by atoms with Crippen LogP contribution in [0.15, 0.2) is 12.1 Å². The van der Waals surface area contributed by atoms with Crippen molar-refractivity contribution < 1.29 is 22.0 Å². The molecular formula is C24H36ClF2N3O3S. The zero-order valence-corrected chi connectivity index (χ0v) is 21.5. The molecule has 1 saturated heterocycles. The lowest BCUT2D eigenvalue weighted by atomic mass is 9.87. The summed E-state index contributed by atoms with van der Waals surface area (Å²) in [5.41, 5.74) is -0.825. The second-order valence-corrected chi connectivity index (χ2v) is 11.9. The van der Waals surface area contributed by atoms with Gasteiger partial charge in [-0.25, -0.2) is 17.2 Å². The monoisotopic (exact) mass is 519 g/mol. The van der Waals surface area contributed by atoms with Gasteiger partial charge >= 0.3 is 0 Å². The first-order valence-corrected chi connectivity index (χ1v) is 14.3. The van der Waals surface area contributed by atoms with Crippen molar-refractivity contribution in [2.24, 2.45) is 0 Å². The highest BCUT2D eigenvalue weighted by Crippen LogP contribution is 2.34. The molecule has 1 saturated carbocycles. The number of rotatable bonds is 9. The number of carbonyl (C=O) groups excluding carboxylic acids is 1. The van der Waals surface area contributed by atoms with Crippen molar-refractivity contribution in [1.82, 2.24) is 14.5 Å². The van der Waals surface area contributed by atoms with Crippen molar-refractivity contribution in [2.45, 2.75) is 70.3 Å². The van der Waals surface area contributed by atoms with Gasteiger partial charge in [0.2, 0.25) is 10.0 Å². The smallest absolute Gasteiger partial charge is 0.255 e. The van der Waals surface area contributed by atoms with Crippen molar-refractivity contribution in [1.29, 1.82) is 0 Å². The van der Waals surface area contributed by atoms with Crippen molar-refractivity contribution in [3.05, 3.63) is 34.4 Å². The molecular weight excluding hydrogens is 484 g/mol. The van der Waals surface area contributed by atoms with Crippen LogP contribution < -0.4 is 5.32 Å². The lowest BCUT2D eigenvalue weighted by Crippen LogP contribution is -2.61. The summed E-state index contributed by atoms with van der Waals surface area (Å²) in [4.78, 5) is 15.1. The maximum Gasteiger partial charge on any atom is 0.255 e. The van der Waals surface area contributed by atoms with Gasteiger partial charge in [-0.1, -0.05) is 57.0 Å². The molecule has 0 spiro atoms. The van der Waals surface area contributed by atoms with E-state index in [1.807, 2.05) is 6.92 Å². The summed E-state index contributed by atoms with van der Waals surface area (Å²) in [6.07, 6.45) is 8.47. The van der Waals surface area contributed by atoms with Gasteiger partial charge in [0.1, 0.15) is 11.6 Å². The van der Waals surface area contributed by atoms with Gasteiger partial charge in [-0.15, -0.1) is 0 Å². The largest absolute Gasteiger partial charge is 0.350 e. The molecule has 0 aromatic heterocycles. The Morgan fingerprint density at radius 1 is 1.03 bits per heavy atom. The highest BCUT2D eigenvalue weighted by molar-refractivity contribution is 7.89. The summed E-state index contributed by atoms with van der Waals surface area (Å²) < 4.78 is 55.1. The number of hydrogen-bond acceptors (Lipinski definition) is 4. The van der Waals surface area contributed by atoms with Crippen LogP contribution >= 0.6 is 11.6 Å². The molecule has 1 amide bonds. The molecule has 1 heterocycles. The summed E-state index contributed by atoms with van der Waals surface area (Å²) in [5, 5.41) is 2.30. The van der Waals surface area contributed by atoms with Gasteiger partial charge in [-0.3, -0.25) is 9.69 Å². The molecule has 2 aliphatic rings. The fourth-order valence-electron chi connectivity index (χ4n) is 5.16. The fraction of sp³-hybridized carbons (Fsp3) is 0.708. The number of halogens is 3. The third-order valence-electron chi connectivity index (χ3n) is 7.19. The number of nitrogens with one attached hydrogen (secondary N) is 1. The molecule has 192 valence electrons. The number of sulfonamides is 1. The Labute approximate surface area is 207 Å². The van der Waals surface area contributed by atoms with E-state index in [1.165, 1.54) is 0 Å². The molecule has 0 unspecified atom stereocenters. The predicted molar refractivity (Wildman–Crippen MR) is 131 cm³/mol. The highest BCUT2D eigenvalue weighted by Gasteiger charge is 2.40. The van der Waals surface area contributed by atoms with E-state index in [4.69, 9.17) is 11.6 Å². The average molecular weight is 520 g/mol. The second kappa shape index (κ2) is 12.1. The van der Waals surface area contributed by atoms with Gasteiger partial charge in [0.25, 0.3) is 5.91 Å². The Kier molecular flexibility index (Phi) is 9.72. The van der Waals surface area contributed by atoms with Gasteiger partial charge in [0.05, 0.1) is 16.3 Å². The SMILES string of the molecule is CCCCCS(=O)(=O)N1CCN(C2(CNC(=O)c3c(F)ccc(F)c3Cl)CCCCCC2)CC1. The molecule has 0 radical (unpaired) electrons. The van der Waals surface area contributed by atoms with Crippen LogP contribution in [0.25, 0.3) is 0 Å². The Balaban J connectivity index is 1.70. The Bertz CT molecular complexity index is 945. The maximum atomic E-state index is 14.2. The Hall–Kier alpha value is -1.29. The molecule has 1 aromatic carbocycles. The van der Waals surface area contributed by atoms with Crippen molar-refractivity contribution in [3.63, 3.8) is 0 Å². The van der Waals surface area contributed by atoms with Gasteiger partial charge in [-0.2, -0.15) is 4.31 Å². The second-order valence-electron chi connectivity index (χ2n) is 9.45. The molecule has 6 nitrogen and oxygen atoms in total. The minimum absolute atomic E-state index is 0.183. The summed E-state index contributed by atoms with van der Waals surface area (Å²) >= 11 is 5.88. The molecule has 0 bridgehead atoms. The minimum Gasteiger partial charge on any atom is -0.350 e. The first-order chi connectivity index (χ1) is 16.2. The average Bonchev–Trinajstić information content (AvgIpc) is 3.07. The van der Waals surface area contributed by atoms with Crippen molar-refractivity contribution >= 4 is 27.5 Å². The molecule has 0 atom stereocenters. The van der Waals surface area contributed by atoms with Crippen LogP contribution in [0.1, 0.15) is 75.1 Å².